The first-order valence-corrected chi connectivity index (χ1v) is 4.25. The monoisotopic (exact) mass is 218 g/mol. The Hall–Kier alpha value is -2.57. The van der Waals surface area contributed by atoms with Gasteiger partial charge < -0.3 is 9.52 Å². The molecule has 0 fully saturated rings. The van der Waals surface area contributed by atoms with Crippen LogP contribution in [0.15, 0.2) is 29.2 Å². The van der Waals surface area contributed by atoms with Gasteiger partial charge in [0.05, 0.1) is 5.56 Å². The van der Waals surface area contributed by atoms with Gasteiger partial charge in [0.2, 0.25) is 5.89 Å². The van der Waals surface area contributed by atoms with Crippen molar-refractivity contribution in [2.45, 2.75) is 0 Å². The molecule has 0 amide bonds. The molecule has 0 unspecified atom stereocenters. The van der Waals surface area contributed by atoms with Crippen molar-refractivity contribution >= 4 is 12.0 Å². The highest BCUT2D eigenvalue weighted by atomic mass is 16.4. The molecular weight excluding hydrogens is 212 g/mol. The van der Waals surface area contributed by atoms with Gasteiger partial charge in [0.25, 0.3) is 5.89 Å². The van der Waals surface area contributed by atoms with E-state index in [1.807, 2.05) is 0 Å². The number of hydrogen-bond donors (Lipinski definition) is 1. The van der Waals surface area contributed by atoms with Gasteiger partial charge >= 0.3 is 5.97 Å². The topological polar surface area (TPSA) is 102 Å². The first-order valence-electron chi connectivity index (χ1n) is 4.25. The van der Waals surface area contributed by atoms with Gasteiger partial charge in [-0.3, -0.25) is 0 Å². The molecule has 0 atom stereocenters. The van der Waals surface area contributed by atoms with Crippen molar-refractivity contribution in [3.8, 4) is 11.5 Å². The second kappa shape index (κ2) is 4.30. The molecule has 2 heterocycles. The molecule has 0 aliphatic heterocycles. The molecule has 0 saturated heterocycles. The second-order valence-electron chi connectivity index (χ2n) is 2.74. The summed E-state index contributed by atoms with van der Waals surface area (Å²) in [7, 11) is 0. The molecule has 80 valence electrons. The number of aromatic nitrogens is 4. The van der Waals surface area contributed by atoms with Crippen molar-refractivity contribution in [3.05, 3.63) is 30.7 Å². The van der Waals surface area contributed by atoms with E-state index in [1.165, 1.54) is 24.8 Å². The zero-order chi connectivity index (χ0) is 11.4. The van der Waals surface area contributed by atoms with Gasteiger partial charge in [0.1, 0.15) is 6.33 Å². The summed E-state index contributed by atoms with van der Waals surface area (Å²) in [6, 6.07) is 0. The van der Waals surface area contributed by atoms with Crippen molar-refractivity contribution in [2.75, 3.05) is 0 Å². The quantitative estimate of drug-likeness (QED) is 0.753. The minimum atomic E-state index is -1.08. The molecule has 0 aromatic carbocycles. The molecule has 2 aromatic heterocycles. The van der Waals surface area contributed by atoms with E-state index in [0.29, 0.717) is 5.56 Å². The number of carbonyl (C=O) groups is 1. The second-order valence-corrected chi connectivity index (χ2v) is 2.74. The Kier molecular flexibility index (Phi) is 2.68. The van der Waals surface area contributed by atoms with Crippen LogP contribution in [0.1, 0.15) is 5.89 Å². The number of aliphatic carboxylic acids is 1. The number of carboxylic acids is 1. The molecule has 0 aliphatic carbocycles. The molecule has 0 saturated carbocycles. The van der Waals surface area contributed by atoms with Crippen LogP contribution in [0.4, 0.5) is 0 Å². The first-order chi connectivity index (χ1) is 7.75. The molecule has 0 radical (unpaired) electrons. The van der Waals surface area contributed by atoms with E-state index >= 15 is 0 Å². The molecule has 7 heteroatoms. The van der Waals surface area contributed by atoms with E-state index < -0.39 is 5.97 Å². The van der Waals surface area contributed by atoms with Crippen LogP contribution in [-0.2, 0) is 4.79 Å². The fourth-order valence-corrected chi connectivity index (χ4v) is 0.971. The molecule has 1 N–H and O–H groups in total. The number of nitrogens with zero attached hydrogens (tertiary/aromatic N) is 4. The van der Waals surface area contributed by atoms with Crippen LogP contribution < -0.4 is 0 Å². The van der Waals surface area contributed by atoms with E-state index in [-0.39, 0.29) is 11.8 Å². The summed E-state index contributed by atoms with van der Waals surface area (Å²) in [6.45, 7) is 0. The standard InChI is InChI=1S/C9H6N4O3/c14-8(15)2-1-7-12-13-9(16-7)6-3-10-5-11-4-6/h1-5H,(H,14,15)/b2-1+. The van der Waals surface area contributed by atoms with Gasteiger partial charge in [-0.05, 0) is 0 Å². The Bertz CT molecular complexity index is 521. The van der Waals surface area contributed by atoms with Gasteiger partial charge in [-0.25, -0.2) is 14.8 Å². The molecule has 0 spiro atoms. The summed E-state index contributed by atoms with van der Waals surface area (Å²) in [5.41, 5.74) is 0.574. The lowest BCUT2D eigenvalue weighted by Crippen LogP contribution is -1.85. The van der Waals surface area contributed by atoms with Crippen LogP contribution in [0.25, 0.3) is 17.5 Å². The third-order valence-corrected chi connectivity index (χ3v) is 1.62. The Morgan fingerprint density at radius 1 is 1.31 bits per heavy atom. The van der Waals surface area contributed by atoms with Crippen LogP contribution in [0.3, 0.4) is 0 Å². The van der Waals surface area contributed by atoms with E-state index in [1.54, 1.807) is 0 Å². The van der Waals surface area contributed by atoms with Crippen LogP contribution in [0.5, 0.6) is 0 Å². The average molecular weight is 218 g/mol. The maximum Gasteiger partial charge on any atom is 0.328 e. The van der Waals surface area contributed by atoms with Crippen LogP contribution >= 0.6 is 0 Å². The fraction of sp³-hybridized carbons (Fsp3) is 0. The maximum absolute atomic E-state index is 10.3. The molecular formula is C9H6N4O3. The van der Waals surface area contributed by atoms with Gasteiger partial charge in [0, 0.05) is 24.5 Å². The van der Waals surface area contributed by atoms with Crippen molar-refractivity contribution < 1.29 is 14.3 Å². The predicted octanol–water partition coefficient (Wildman–Crippen LogP) is 0.624. The van der Waals surface area contributed by atoms with Crippen molar-refractivity contribution in [2.24, 2.45) is 0 Å². The SMILES string of the molecule is O=C(O)/C=C/c1nnc(-c2cncnc2)o1. The van der Waals surface area contributed by atoms with E-state index in [2.05, 4.69) is 20.2 Å². The minimum Gasteiger partial charge on any atom is -0.478 e. The Morgan fingerprint density at radius 2 is 2.06 bits per heavy atom. The molecule has 0 bridgehead atoms. The highest BCUT2D eigenvalue weighted by Crippen LogP contribution is 2.15. The first kappa shape index (κ1) is 9.97. The number of rotatable bonds is 3. The highest BCUT2D eigenvalue weighted by Gasteiger charge is 2.06. The molecule has 0 aliphatic rings. The summed E-state index contributed by atoms with van der Waals surface area (Å²) >= 11 is 0. The zero-order valence-electron chi connectivity index (χ0n) is 7.94. The lowest BCUT2D eigenvalue weighted by molar-refractivity contribution is -0.131. The zero-order valence-corrected chi connectivity index (χ0v) is 7.94. The van der Waals surface area contributed by atoms with Gasteiger partial charge in [0.15, 0.2) is 0 Å². The third kappa shape index (κ3) is 2.27. The lowest BCUT2D eigenvalue weighted by Gasteiger charge is -1.89. The summed E-state index contributed by atoms with van der Waals surface area (Å²) in [5.74, 6) is -0.727. The summed E-state index contributed by atoms with van der Waals surface area (Å²) in [6.07, 6.45) is 6.54. The molecule has 2 rings (SSSR count). The Balaban J connectivity index is 2.23. The molecule has 16 heavy (non-hydrogen) atoms. The van der Waals surface area contributed by atoms with E-state index in [9.17, 15) is 4.79 Å². The Morgan fingerprint density at radius 3 is 2.75 bits per heavy atom. The minimum absolute atomic E-state index is 0.112. The summed E-state index contributed by atoms with van der Waals surface area (Å²) in [4.78, 5) is 17.8. The van der Waals surface area contributed by atoms with E-state index in [0.717, 1.165) is 6.08 Å². The summed E-state index contributed by atoms with van der Waals surface area (Å²) in [5, 5.41) is 15.8. The molecule has 7 nitrogen and oxygen atoms in total. The predicted molar refractivity (Wildman–Crippen MR) is 52.0 cm³/mol. The van der Waals surface area contributed by atoms with Crippen LogP contribution in [-0.4, -0.2) is 31.2 Å². The van der Waals surface area contributed by atoms with Crippen molar-refractivity contribution in [1.82, 2.24) is 20.2 Å². The van der Waals surface area contributed by atoms with Gasteiger partial charge in [-0.2, -0.15) is 0 Å². The third-order valence-electron chi connectivity index (χ3n) is 1.62. The smallest absolute Gasteiger partial charge is 0.328 e. The summed E-state index contributed by atoms with van der Waals surface area (Å²) < 4.78 is 5.17. The largest absolute Gasteiger partial charge is 0.478 e. The average Bonchev–Trinajstić information content (AvgIpc) is 2.76. The van der Waals surface area contributed by atoms with Crippen molar-refractivity contribution in [1.29, 1.82) is 0 Å². The van der Waals surface area contributed by atoms with Crippen LogP contribution in [0, 0.1) is 0 Å². The van der Waals surface area contributed by atoms with Crippen LogP contribution in [0.2, 0.25) is 0 Å². The maximum atomic E-state index is 10.3. The highest BCUT2D eigenvalue weighted by molar-refractivity contribution is 5.84. The normalized spacial score (nSPS) is 10.8. The molecule has 2 aromatic rings. The van der Waals surface area contributed by atoms with E-state index in [4.69, 9.17) is 9.52 Å². The van der Waals surface area contributed by atoms with Gasteiger partial charge in [-0.15, -0.1) is 10.2 Å². The Labute approximate surface area is 89.5 Å². The number of hydrogen-bond acceptors (Lipinski definition) is 6. The van der Waals surface area contributed by atoms with Crippen molar-refractivity contribution in [3.63, 3.8) is 0 Å². The fourth-order valence-electron chi connectivity index (χ4n) is 0.971. The number of carboxylic acid groups (broad SMARTS) is 1. The lowest BCUT2D eigenvalue weighted by atomic mass is 10.3. The van der Waals surface area contributed by atoms with Gasteiger partial charge in [-0.1, -0.05) is 0 Å².